The van der Waals surface area contributed by atoms with Crippen LogP contribution in [-0.2, 0) is 36.3 Å². The van der Waals surface area contributed by atoms with Gasteiger partial charge in [0.1, 0.15) is 12.1 Å². The molecule has 2 aromatic carbocycles. The van der Waals surface area contributed by atoms with E-state index in [0.29, 0.717) is 23.3 Å². The van der Waals surface area contributed by atoms with Crippen LogP contribution in [0.2, 0.25) is 0 Å². The Hall–Kier alpha value is -3.17. The largest absolute Gasteiger partial charge is 0.430 e. The first-order valence-electron chi connectivity index (χ1n) is 11.8. The summed E-state index contributed by atoms with van der Waals surface area (Å²) in [4.78, 5) is 27.9. The molecule has 1 saturated carbocycles. The van der Waals surface area contributed by atoms with Crippen LogP contribution in [0, 0.1) is 5.92 Å². The summed E-state index contributed by atoms with van der Waals surface area (Å²) in [6.07, 6.45) is -10.6. The summed E-state index contributed by atoms with van der Waals surface area (Å²) in [7, 11) is -2.28. The van der Waals surface area contributed by atoms with Crippen molar-refractivity contribution >= 4 is 27.3 Å². The lowest BCUT2D eigenvalue weighted by Gasteiger charge is -2.32. The van der Waals surface area contributed by atoms with Crippen LogP contribution < -0.4 is 5.32 Å². The molecule has 2 aliphatic rings. The second kappa shape index (κ2) is 10.0. The lowest BCUT2D eigenvalue weighted by atomic mass is 9.92. The third-order valence-corrected chi connectivity index (χ3v) is 8.07. The number of sulfone groups is 1. The summed E-state index contributed by atoms with van der Waals surface area (Å²) < 4.78 is 109. The Labute approximate surface area is 224 Å². The van der Waals surface area contributed by atoms with Gasteiger partial charge in [-0.3, -0.25) is 9.59 Å². The molecule has 40 heavy (non-hydrogen) atoms. The first-order chi connectivity index (χ1) is 18.4. The van der Waals surface area contributed by atoms with Crippen molar-refractivity contribution in [3.63, 3.8) is 0 Å². The van der Waals surface area contributed by atoms with Gasteiger partial charge in [-0.2, -0.15) is 26.3 Å². The average Bonchev–Trinajstić information content (AvgIpc) is 3.60. The number of nitrogens with zero attached hydrogens (tertiary/aromatic N) is 1. The standard InChI is InChI=1S/C25H24F6N2O6S/c1-39-20(13-3-4-13)22(35)33-12-14-11-17(40(2,37)38)9-10-18(14)19(33)21(34)32-16-7-5-15(6-8-16)23(36,24(26,27)28)25(29,30)31/h5-11,13,19-20,36H,3-4,12H2,1-2H3,(H,32,34). The minimum absolute atomic E-state index is 0.0393. The summed E-state index contributed by atoms with van der Waals surface area (Å²) in [5, 5.41) is 12.0. The fourth-order valence-corrected chi connectivity index (χ4v) is 5.37. The van der Waals surface area contributed by atoms with Crippen molar-refractivity contribution in [2.24, 2.45) is 5.92 Å². The number of rotatable bonds is 7. The topological polar surface area (TPSA) is 113 Å². The zero-order valence-electron chi connectivity index (χ0n) is 21.0. The van der Waals surface area contributed by atoms with Crippen LogP contribution in [0.5, 0.6) is 0 Å². The summed E-state index contributed by atoms with van der Waals surface area (Å²) in [6, 6.07) is 4.96. The van der Waals surface area contributed by atoms with E-state index in [1.807, 2.05) is 0 Å². The van der Waals surface area contributed by atoms with Gasteiger partial charge in [0.05, 0.1) is 4.90 Å². The Morgan fingerprint density at radius 1 is 1.02 bits per heavy atom. The Kier molecular flexibility index (Phi) is 7.47. The van der Waals surface area contributed by atoms with Crippen molar-refractivity contribution in [3.05, 3.63) is 59.2 Å². The molecule has 1 aliphatic carbocycles. The predicted octanol–water partition coefficient (Wildman–Crippen LogP) is 3.85. The Morgan fingerprint density at radius 2 is 1.60 bits per heavy atom. The van der Waals surface area contributed by atoms with Crippen molar-refractivity contribution in [2.75, 3.05) is 18.7 Å². The van der Waals surface area contributed by atoms with Crippen molar-refractivity contribution in [1.82, 2.24) is 4.90 Å². The van der Waals surface area contributed by atoms with Gasteiger partial charge < -0.3 is 20.1 Å². The zero-order chi connectivity index (χ0) is 29.8. The second-order valence-electron chi connectivity index (χ2n) is 9.77. The quantitative estimate of drug-likeness (QED) is 0.471. The molecule has 0 aromatic heterocycles. The number of carbonyl (C=O) groups is 2. The molecular formula is C25H24F6N2O6S. The maximum Gasteiger partial charge on any atom is 0.430 e. The minimum atomic E-state index is -6.07. The van der Waals surface area contributed by atoms with E-state index < -0.39 is 57.3 Å². The lowest BCUT2D eigenvalue weighted by Crippen LogP contribution is -2.53. The normalized spacial score (nSPS) is 18.8. The van der Waals surface area contributed by atoms with Crippen LogP contribution in [-0.4, -0.2) is 62.1 Å². The van der Waals surface area contributed by atoms with Crippen LogP contribution in [0.1, 0.15) is 35.6 Å². The van der Waals surface area contributed by atoms with Crippen LogP contribution in [0.15, 0.2) is 47.4 Å². The molecule has 2 amide bonds. The summed E-state index contributed by atoms with van der Waals surface area (Å²) in [5.41, 5.74) is -6.18. The van der Waals surface area contributed by atoms with Crippen LogP contribution in [0.4, 0.5) is 32.0 Å². The number of hydrogen-bond donors (Lipinski definition) is 2. The van der Waals surface area contributed by atoms with Gasteiger partial charge in [0.2, 0.25) is 0 Å². The maximum absolute atomic E-state index is 13.4. The molecule has 2 unspecified atom stereocenters. The number of anilines is 1. The number of carbonyl (C=O) groups excluding carboxylic acids is 2. The number of halogens is 6. The molecule has 2 aromatic rings. The van der Waals surface area contributed by atoms with Crippen LogP contribution in [0.3, 0.4) is 0 Å². The zero-order valence-corrected chi connectivity index (χ0v) is 21.8. The smallest absolute Gasteiger partial charge is 0.371 e. The van der Waals surface area contributed by atoms with Crippen molar-refractivity contribution < 1.29 is 54.2 Å². The van der Waals surface area contributed by atoms with E-state index in [1.54, 1.807) is 0 Å². The van der Waals surface area contributed by atoms with Crippen LogP contribution >= 0.6 is 0 Å². The number of alkyl halides is 6. The Balaban J connectivity index is 1.66. The van der Waals surface area contributed by atoms with Gasteiger partial charge in [0.25, 0.3) is 17.4 Å². The number of benzene rings is 2. The number of fused-ring (bicyclic) bond motifs is 1. The molecule has 2 N–H and O–H groups in total. The molecule has 0 radical (unpaired) electrons. The van der Waals surface area contributed by atoms with Gasteiger partial charge in [-0.15, -0.1) is 0 Å². The number of hydrogen-bond acceptors (Lipinski definition) is 6. The molecule has 1 fully saturated rings. The molecule has 4 rings (SSSR count). The monoisotopic (exact) mass is 594 g/mol. The number of amides is 2. The number of nitrogens with one attached hydrogen (secondary N) is 1. The second-order valence-corrected chi connectivity index (χ2v) is 11.8. The highest BCUT2D eigenvalue weighted by atomic mass is 32.2. The van der Waals surface area contributed by atoms with E-state index in [0.717, 1.165) is 31.2 Å². The van der Waals surface area contributed by atoms with Crippen molar-refractivity contribution in [3.8, 4) is 0 Å². The van der Waals surface area contributed by atoms with E-state index in [2.05, 4.69) is 5.32 Å². The minimum Gasteiger partial charge on any atom is -0.371 e. The third-order valence-electron chi connectivity index (χ3n) is 6.96. The highest BCUT2D eigenvalue weighted by Gasteiger charge is 2.71. The van der Waals surface area contributed by atoms with Crippen molar-refractivity contribution in [2.45, 2.75) is 54.4 Å². The molecule has 218 valence electrons. The molecule has 1 heterocycles. The highest BCUT2D eigenvalue weighted by Crippen LogP contribution is 2.50. The molecule has 8 nitrogen and oxygen atoms in total. The molecule has 15 heteroatoms. The number of aliphatic hydroxyl groups is 1. The SMILES string of the molecule is COC(C(=O)N1Cc2cc(S(C)(=O)=O)ccc2C1C(=O)Nc1ccc(C(O)(C(F)(F)F)C(F)(F)F)cc1)C1CC1. The van der Waals surface area contributed by atoms with Crippen molar-refractivity contribution in [1.29, 1.82) is 0 Å². The Bertz CT molecular complexity index is 1410. The summed E-state index contributed by atoms with van der Waals surface area (Å²) in [6.45, 7) is -0.134. The fraction of sp³-hybridized carbons (Fsp3) is 0.440. The van der Waals surface area contributed by atoms with Gasteiger partial charge in [-0.05, 0) is 54.2 Å². The van der Waals surface area contributed by atoms with Crippen LogP contribution in [0.25, 0.3) is 0 Å². The molecule has 0 saturated heterocycles. The number of ether oxygens (including phenoxy) is 1. The fourth-order valence-electron chi connectivity index (χ4n) is 4.70. The van der Waals surface area contributed by atoms with Gasteiger partial charge >= 0.3 is 12.4 Å². The van der Waals surface area contributed by atoms with E-state index in [9.17, 15) is 49.5 Å². The molecular weight excluding hydrogens is 570 g/mol. The molecule has 1 aliphatic heterocycles. The predicted molar refractivity (Wildman–Crippen MR) is 127 cm³/mol. The number of methoxy groups -OCH3 is 1. The van der Waals surface area contributed by atoms with E-state index >= 15 is 0 Å². The van der Waals surface area contributed by atoms with Gasteiger partial charge in [0, 0.05) is 31.2 Å². The first-order valence-corrected chi connectivity index (χ1v) is 13.7. The van der Waals surface area contributed by atoms with Gasteiger partial charge in [-0.25, -0.2) is 8.42 Å². The molecule has 0 spiro atoms. The first kappa shape index (κ1) is 29.8. The maximum atomic E-state index is 13.4. The lowest BCUT2D eigenvalue weighted by molar-refractivity contribution is -0.376. The molecule has 2 atom stereocenters. The molecule has 0 bridgehead atoms. The van der Waals surface area contributed by atoms with Gasteiger partial charge in [-0.1, -0.05) is 18.2 Å². The van der Waals surface area contributed by atoms with Gasteiger partial charge in [0.15, 0.2) is 9.84 Å². The third kappa shape index (κ3) is 5.29. The average molecular weight is 595 g/mol. The highest BCUT2D eigenvalue weighted by molar-refractivity contribution is 7.90. The Morgan fingerprint density at radius 3 is 2.08 bits per heavy atom. The summed E-state index contributed by atoms with van der Waals surface area (Å²) in [5.74, 6) is -1.44. The van der Waals surface area contributed by atoms with E-state index in [4.69, 9.17) is 4.74 Å². The van der Waals surface area contributed by atoms with E-state index in [1.165, 1.54) is 30.2 Å². The van der Waals surface area contributed by atoms with E-state index in [-0.39, 0.29) is 23.0 Å². The summed E-state index contributed by atoms with van der Waals surface area (Å²) >= 11 is 0.